The number of carbonyl (C=O) groups excluding carboxylic acids is 2. The maximum Gasteiger partial charge on any atom is 0.416 e. The van der Waals surface area contributed by atoms with Gasteiger partial charge in [0.05, 0.1) is 6.04 Å². The minimum Gasteiger partial charge on any atom is -0.447 e. The first-order valence-corrected chi connectivity index (χ1v) is 8.71. The minimum absolute atomic E-state index is 0.0521. The van der Waals surface area contributed by atoms with Crippen LogP contribution in [0.1, 0.15) is 51.5 Å². The summed E-state index contributed by atoms with van der Waals surface area (Å²) in [6.07, 6.45) is 4.89. The number of ether oxygens (including phenoxy) is 1. The van der Waals surface area contributed by atoms with Crippen LogP contribution in [0.15, 0.2) is 30.3 Å². The molecule has 1 aromatic rings. The van der Waals surface area contributed by atoms with Crippen molar-refractivity contribution in [2.75, 3.05) is 6.61 Å². The Bertz CT molecular complexity index is 515. The Kier molecular flexibility index (Phi) is 6.63. The fourth-order valence-corrected chi connectivity index (χ4v) is 3.15. The summed E-state index contributed by atoms with van der Waals surface area (Å²) in [5.74, 6) is -0.118. The predicted octanol–water partition coefficient (Wildman–Crippen LogP) is 4.18. The summed E-state index contributed by atoms with van der Waals surface area (Å²) in [5.41, 5.74) is 1.12. The summed E-state index contributed by atoms with van der Waals surface area (Å²) in [6, 6.07) is 9.77. The van der Waals surface area contributed by atoms with Gasteiger partial charge in [-0.2, -0.15) is 0 Å². The molecule has 0 bridgehead atoms. The van der Waals surface area contributed by atoms with E-state index in [-0.39, 0.29) is 17.9 Å². The molecule has 2 rings (SSSR count). The Hall–Kier alpha value is -1.84. The summed E-state index contributed by atoms with van der Waals surface area (Å²) in [7, 11) is 0. The molecule has 2 amide bonds. The van der Waals surface area contributed by atoms with Gasteiger partial charge >= 0.3 is 6.09 Å². The average Bonchev–Trinajstić information content (AvgIpc) is 2.92. The van der Waals surface area contributed by atoms with Crippen LogP contribution in [0.2, 0.25) is 0 Å². The molecule has 1 aliphatic rings. The zero-order valence-electron chi connectivity index (χ0n) is 14.2. The number of amides is 2. The normalized spacial score (nSPS) is 18.8. The van der Waals surface area contributed by atoms with E-state index in [9.17, 15) is 9.59 Å². The lowest BCUT2D eigenvalue weighted by molar-refractivity contribution is -0.134. The number of benzene rings is 1. The first kappa shape index (κ1) is 17.5. The molecule has 1 aliphatic heterocycles. The van der Waals surface area contributed by atoms with E-state index in [1.165, 1.54) is 4.90 Å². The molecule has 23 heavy (non-hydrogen) atoms. The third-order valence-corrected chi connectivity index (χ3v) is 4.41. The Labute approximate surface area is 138 Å². The van der Waals surface area contributed by atoms with Crippen molar-refractivity contribution in [2.24, 2.45) is 5.92 Å². The zero-order chi connectivity index (χ0) is 16.7. The monoisotopic (exact) mass is 317 g/mol. The first-order valence-electron chi connectivity index (χ1n) is 8.71. The van der Waals surface area contributed by atoms with E-state index >= 15 is 0 Å². The summed E-state index contributed by atoms with van der Waals surface area (Å²) in [5, 5.41) is 0. The van der Waals surface area contributed by atoms with Crippen LogP contribution in [0, 0.1) is 5.92 Å². The lowest BCUT2D eigenvalue weighted by Gasteiger charge is -2.24. The second-order valence-corrected chi connectivity index (χ2v) is 6.26. The largest absolute Gasteiger partial charge is 0.447 e. The molecule has 0 unspecified atom stereocenters. The van der Waals surface area contributed by atoms with Crippen LogP contribution in [0.3, 0.4) is 0 Å². The minimum atomic E-state index is -0.478. The molecule has 1 aromatic carbocycles. The van der Waals surface area contributed by atoms with Gasteiger partial charge in [0.25, 0.3) is 0 Å². The predicted molar refractivity (Wildman–Crippen MR) is 90.1 cm³/mol. The van der Waals surface area contributed by atoms with E-state index in [1.807, 2.05) is 30.3 Å². The van der Waals surface area contributed by atoms with Crippen LogP contribution in [-0.4, -0.2) is 29.5 Å². The van der Waals surface area contributed by atoms with Crippen LogP contribution in [0.25, 0.3) is 0 Å². The van der Waals surface area contributed by atoms with E-state index < -0.39 is 6.09 Å². The van der Waals surface area contributed by atoms with Crippen LogP contribution in [0.4, 0.5) is 4.79 Å². The molecule has 0 spiro atoms. The van der Waals surface area contributed by atoms with E-state index in [0.717, 1.165) is 37.7 Å². The number of hydrogen-bond acceptors (Lipinski definition) is 3. The second-order valence-electron chi connectivity index (χ2n) is 6.26. The van der Waals surface area contributed by atoms with Gasteiger partial charge in [0, 0.05) is 5.92 Å². The van der Waals surface area contributed by atoms with Crippen molar-refractivity contribution in [1.82, 2.24) is 4.90 Å². The zero-order valence-corrected chi connectivity index (χ0v) is 14.2. The third kappa shape index (κ3) is 4.57. The molecule has 1 saturated heterocycles. The van der Waals surface area contributed by atoms with Crippen molar-refractivity contribution in [1.29, 1.82) is 0 Å². The van der Waals surface area contributed by atoms with Gasteiger partial charge in [-0.3, -0.25) is 4.79 Å². The summed E-state index contributed by atoms with van der Waals surface area (Å²) in [4.78, 5) is 26.3. The van der Waals surface area contributed by atoms with Crippen molar-refractivity contribution >= 4 is 12.0 Å². The lowest BCUT2D eigenvalue weighted by Crippen LogP contribution is -2.43. The summed E-state index contributed by atoms with van der Waals surface area (Å²) in [6.45, 7) is 4.50. The Morgan fingerprint density at radius 2 is 1.96 bits per heavy atom. The molecule has 1 fully saturated rings. The molecule has 4 heteroatoms. The van der Waals surface area contributed by atoms with Crippen LogP contribution in [0.5, 0.6) is 0 Å². The van der Waals surface area contributed by atoms with Crippen molar-refractivity contribution in [3.8, 4) is 0 Å². The van der Waals surface area contributed by atoms with Gasteiger partial charge in [-0.05, 0) is 24.8 Å². The third-order valence-electron chi connectivity index (χ3n) is 4.41. The van der Waals surface area contributed by atoms with Crippen molar-refractivity contribution in [3.63, 3.8) is 0 Å². The summed E-state index contributed by atoms with van der Waals surface area (Å²) < 4.78 is 5.17. The molecule has 0 N–H and O–H groups in total. The highest BCUT2D eigenvalue weighted by Crippen LogP contribution is 2.24. The molecule has 0 aliphatic carbocycles. The highest BCUT2D eigenvalue weighted by Gasteiger charge is 2.40. The van der Waals surface area contributed by atoms with E-state index in [2.05, 4.69) is 13.8 Å². The van der Waals surface area contributed by atoms with Gasteiger partial charge < -0.3 is 4.74 Å². The number of cyclic esters (lactones) is 1. The molecule has 0 saturated carbocycles. The SMILES string of the molecule is CCCC[C@@H](CCC)C(=O)N1C(=O)OC[C@H]1Cc1ccccc1. The van der Waals surface area contributed by atoms with Crippen LogP contribution < -0.4 is 0 Å². The Morgan fingerprint density at radius 1 is 1.22 bits per heavy atom. The maximum absolute atomic E-state index is 12.9. The van der Waals surface area contributed by atoms with E-state index in [1.54, 1.807) is 0 Å². The fraction of sp³-hybridized carbons (Fsp3) is 0.579. The summed E-state index contributed by atoms with van der Waals surface area (Å²) >= 11 is 0. The van der Waals surface area contributed by atoms with E-state index in [0.29, 0.717) is 13.0 Å². The van der Waals surface area contributed by atoms with Gasteiger partial charge in [-0.15, -0.1) is 0 Å². The molecule has 2 atom stereocenters. The molecule has 1 heterocycles. The van der Waals surface area contributed by atoms with Gasteiger partial charge in [0.15, 0.2) is 0 Å². The van der Waals surface area contributed by atoms with Gasteiger partial charge in [-0.1, -0.05) is 63.4 Å². The molecular formula is C19H27NO3. The number of unbranched alkanes of at least 4 members (excludes halogenated alkanes) is 1. The number of imide groups is 1. The van der Waals surface area contributed by atoms with Gasteiger partial charge in [0.2, 0.25) is 5.91 Å². The maximum atomic E-state index is 12.9. The van der Waals surface area contributed by atoms with Crippen LogP contribution in [-0.2, 0) is 16.0 Å². The van der Waals surface area contributed by atoms with Crippen molar-refractivity contribution in [2.45, 2.75) is 58.4 Å². The van der Waals surface area contributed by atoms with Gasteiger partial charge in [0.1, 0.15) is 6.61 Å². The first-order chi connectivity index (χ1) is 11.2. The number of hydrogen-bond donors (Lipinski definition) is 0. The fourth-order valence-electron chi connectivity index (χ4n) is 3.15. The average molecular weight is 317 g/mol. The second kappa shape index (κ2) is 8.70. The number of nitrogens with zero attached hydrogens (tertiary/aromatic N) is 1. The number of rotatable bonds is 8. The topological polar surface area (TPSA) is 46.6 Å². The lowest BCUT2D eigenvalue weighted by atomic mass is 9.94. The van der Waals surface area contributed by atoms with Crippen molar-refractivity contribution in [3.05, 3.63) is 35.9 Å². The Morgan fingerprint density at radius 3 is 2.61 bits per heavy atom. The quantitative estimate of drug-likeness (QED) is 0.722. The Balaban J connectivity index is 2.09. The highest BCUT2D eigenvalue weighted by atomic mass is 16.6. The molecule has 0 radical (unpaired) electrons. The van der Waals surface area contributed by atoms with Crippen LogP contribution >= 0.6 is 0 Å². The number of carbonyl (C=O) groups is 2. The van der Waals surface area contributed by atoms with Crippen molar-refractivity contribution < 1.29 is 14.3 Å². The molecule has 126 valence electrons. The molecule has 4 nitrogen and oxygen atoms in total. The van der Waals surface area contributed by atoms with Gasteiger partial charge in [-0.25, -0.2) is 9.69 Å². The standard InChI is InChI=1S/C19H27NO3/c1-3-5-12-16(9-4-2)18(21)20-17(14-23-19(20)22)13-15-10-7-6-8-11-15/h6-8,10-11,16-17H,3-5,9,12-14H2,1-2H3/t16-,17-/m1/s1. The molecule has 0 aromatic heterocycles. The van der Waals surface area contributed by atoms with E-state index in [4.69, 9.17) is 4.74 Å². The highest BCUT2D eigenvalue weighted by molar-refractivity contribution is 5.94. The smallest absolute Gasteiger partial charge is 0.416 e. The molecular weight excluding hydrogens is 290 g/mol.